The monoisotopic (exact) mass is 488 g/mol. The number of benzene rings is 3. The fraction of sp³-hybridized carbons (Fsp3) is 0.214. The second-order valence-electron chi connectivity index (χ2n) is 9.11. The number of rotatable bonds is 6. The Morgan fingerprint density at radius 3 is 1.72 bits per heavy atom. The third-order valence-corrected chi connectivity index (χ3v) is 6.71. The number of carbonyl (C=O) groups is 2. The molecule has 0 aliphatic carbocycles. The lowest BCUT2D eigenvalue weighted by molar-refractivity contribution is 0.100. The molecule has 0 aliphatic rings. The van der Waals surface area contributed by atoms with Gasteiger partial charge in [0.2, 0.25) is 0 Å². The first-order valence-electron chi connectivity index (χ1n) is 11.4. The van der Waals surface area contributed by atoms with Crippen molar-refractivity contribution in [3.8, 4) is 23.0 Å². The molecular weight excluding hydrogens is 460 g/mol. The number of fused-ring (bicyclic) bond motifs is 1. The number of phenolic OH excluding ortho intramolecular Hbond substituents is 4. The largest absolute Gasteiger partial charge is 0.507 e. The number of carbonyl (C=O) groups excluding carboxylic acids is 2. The fourth-order valence-corrected chi connectivity index (χ4v) is 4.72. The minimum Gasteiger partial charge on any atom is -0.507 e. The van der Waals surface area contributed by atoms with Crippen molar-refractivity contribution in [2.75, 3.05) is 5.84 Å². The van der Waals surface area contributed by atoms with Crippen molar-refractivity contribution < 1.29 is 30.0 Å². The number of Topliss-reactive ketones (excluding diaryl/α,β-unsaturated/α-hetero) is 2. The van der Waals surface area contributed by atoms with Gasteiger partial charge >= 0.3 is 0 Å². The quantitative estimate of drug-likeness (QED) is 0.200. The maximum Gasteiger partial charge on any atom is 0.163 e. The smallest absolute Gasteiger partial charge is 0.163 e. The van der Waals surface area contributed by atoms with Crippen LogP contribution in [-0.4, -0.2) is 36.7 Å². The van der Waals surface area contributed by atoms with Gasteiger partial charge in [-0.25, -0.2) is 0 Å². The molecule has 4 rings (SSSR count). The summed E-state index contributed by atoms with van der Waals surface area (Å²) in [7, 11) is 0. The number of para-hydroxylation sites is 1. The van der Waals surface area contributed by atoms with Gasteiger partial charge in [0.05, 0.1) is 16.6 Å². The number of ketones is 2. The molecule has 0 spiro atoms. The van der Waals surface area contributed by atoms with E-state index < -0.39 is 0 Å². The number of aryl methyl sites for hydroxylation is 2. The van der Waals surface area contributed by atoms with E-state index in [1.54, 1.807) is 19.9 Å². The predicted molar refractivity (Wildman–Crippen MR) is 137 cm³/mol. The zero-order chi connectivity index (χ0) is 26.5. The van der Waals surface area contributed by atoms with Crippen LogP contribution in [0.1, 0.15) is 68.1 Å². The van der Waals surface area contributed by atoms with Crippen LogP contribution in [0.2, 0.25) is 0 Å². The highest BCUT2D eigenvalue weighted by atomic mass is 16.3. The molecule has 0 fully saturated rings. The SMILES string of the molecule is CC(=O)c1cc(C)c(O)c(Cc2c(Cc3c(O)c(C)cc(C(C)=O)c3O)n(N)c3ccccc23)c1O. The number of hydrogen-bond acceptors (Lipinski definition) is 7. The van der Waals surface area contributed by atoms with Gasteiger partial charge in [-0.1, -0.05) is 18.2 Å². The lowest BCUT2D eigenvalue weighted by atomic mass is 9.92. The van der Waals surface area contributed by atoms with Crippen LogP contribution in [0.3, 0.4) is 0 Å². The number of nitrogen functional groups attached to an aromatic ring is 1. The molecule has 186 valence electrons. The molecule has 0 saturated heterocycles. The van der Waals surface area contributed by atoms with Gasteiger partial charge in [-0.05, 0) is 62.6 Å². The number of aromatic hydroxyl groups is 4. The molecule has 0 saturated carbocycles. The number of phenols is 4. The van der Waals surface area contributed by atoms with Crippen LogP contribution < -0.4 is 5.84 Å². The second kappa shape index (κ2) is 8.96. The minimum atomic E-state index is -0.350. The summed E-state index contributed by atoms with van der Waals surface area (Å²) in [6, 6.07) is 10.1. The van der Waals surface area contributed by atoms with Crippen LogP contribution in [0.15, 0.2) is 36.4 Å². The summed E-state index contributed by atoms with van der Waals surface area (Å²) in [6.45, 7) is 5.94. The van der Waals surface area contributed by atoms with E-state index in [2.05, 4.69) is 0 Å². The van der Waals surface area contributed by atoms with Crippen molar-refractivity contribution in [2.45, 2.75) is 40.5 Å². The molecule has 1 heterocycles. The van der Waals surface area contributed by atoms with E-state index in [0.717, 1.165) is 5.39 Å². The highest BCUT2D eigenvalue weighted by Gasteiger charge is 2.25. The Balaban J connectivity index is 1.97. The molecule has 0 amide bonds. The molecule has 4 aromatic rings. The molecule has 0 radical (unpaired) electrons. The molecule has 8 heteroatoms. The van der Waals surface area contributed by atoms with Crippen molar-refractivity contribution in [1.29, 1.82) is 0 Å². The Morgan fingerprint density at radius 2 is 1.22 bits per heavy atom. The van der Waals surface area contributed by atoms with E-state index in [9.17, 15) is 30.0 Å². The first kappa shape index (κ1) is 24.7. The summed E-state index contributed by atoms with van der Waals surface area (Å²) in [5, 5.41) is 44.0. The van der Waals surface area contributed by atoms with E-state index in [4.69, 9.17) is 5.84 Å². The van der Waals surface area contributed by atoms with Gasteiger partial charge in [-0.3, -0.25) is 14.3 Å². The van der Waals surface area contributed by atoms with Gasteiger partial charge in [0, 0.05) is 35.0 Å². The first-order chi connectivity index (χ1) is 16.9. The average molecular weight is 489 g/mol. The van der Waals surface area contributed by atoms with E-state index >= 15 is 0 Å². The summed E-state index contributed by atoms with van der Waals surface area (Å²) in [4.78, 5) is 24.2. The van der Waals surface area contributed by atoms with Gasteiger partial charge in [0.25, 0.3) is 0 Å². The highest BCUT2D eigenvalue weighted by molar-refractivity contribution is 5.98. The van der Waals surface area contributed by atoms with Gasteiger partial charge in [-0.15, -0.1) is 0 Å². The van der Waals surface area contributed by atoms with E-state index in [1.165, 1.54) is 30.7 Å². The maximum atomic E-state index is 12.1. The minimum absolute atomic E-state index is 0.0204. The summed E-state index contributed by atoms with van der Waals surface area (Å²) < 4.78 is 1.43. The molecule has 3 aromatic carbocycles. The van der Waals surface area contributed by atoms with Crippen molar-refractivity contribution in [3.05, 3.63) is 81.0 Å². The van der Waals surface area contributed by atoms with Crippen molar-refractivity contribution in [2.24, 2.45) is 0 Å². The Bertz CT molecular complexity index is 1570. The van der Waals surface area contributed by atoms with Crippen LogP contribution in [0, 0.1) is 13.8 Å². The molecule has 36 heavy (non-hydrogen) atoms. The van der Waals surface area contributed by atoms with Crippen molar-refractivity contribution in [1.82, 2.24) is 4.68 Å². The molecule has 1 aromatic heterocycles. The number of aromatic nitrogens is 1. The summed E-state index contributed by atoms with van der Waals surface area (Å²) in [5.74, 6) is 4.83. The molecule has 0 bridgehead atoms. The zero-order valence-corrected chi connectivity index (χ0v) is 20.5. The number of nitrogens with two attached hydrogens (primary N) is 1. The third-order valence-electron chi connectivity index (χ3n) is 6.71. The van der Waals surface area contributed by atoms with Crippen LogP contribution in [0.5, 0.6) is 23.0 Å². The molecule has 0 atom stereocenters. The Hall–Kier alpha value is -4.46. The van der Waals surface area contributed by atoms with Gasteiger partial charge in [-0.2, -0.15) is 0 Å². The molecule has 0 aliphatic heterocycles. The summed E-state index contributed by atoms with van der Waals surface area (Å²) in [5.41, 5.74) is 3.12. The molecule has 8 nitrogen and oxygen atoms in total. The average Bonchev–Trinajstić information content (AvgIpc) is 3.09. The molecule has 6 N–H and O–H groups in total. The molecule has 0 unspecified atom stereocenters. The number of nitrogens with zero attached hydrogens (tertiary/aromatic N) is 1. The highest BCUT2D eigenvalue weighted by Crippen LogP contribution is 2.41. The lowest BCUT2D eigenvalue weighted by Gasteiger charge is -2.16. The normalized spacial score (nSPS) is 11.2. The Labute approximate surface area is 207 Å². The molecular formula is C28H28N2O6. The van der Waals surface area contributed by atoms with E-state index in [-0.39, 0.29) is 69.7 Å². The Morgan fingerprint density at radius 1 is 0.750 bits per heavy atom. The summed E-state index contributed by atoms with van der Waals surface area (Å²) in [6.07, 6.45) is -0.0143. The van der Waals surface area contributed by atoms with E-state index in [0.29, 0.717) is 27.9 Å². The third kappa shape index (κ3) is 3.90. The van der Waals surface area contributed by atoms with Gasteiger partial charge in [0.15, 0.2) is 11.6 Å². The second-order valence-corrected chi connectivity index (χ2v) is 9.11. The standard InChI is InChI=1S/C28H28N2O6/c1-13-9-18(15(3)31)27(35)21(25(13)33)11-20-17-7-5-6-8-23(17)30(29)24(20)12-22-26(34)14(2)10-19(16(4)32)28(22)36/h5-10,33-36H,11-12,29H2,1-4H3. The topological polar surface area (TPSA) is 146 Å². The van der Waals surface area contributed by atoms with Crippen LogP contribution >= 0.6 is 0 Å². The maximum absolute atomic E-state index is 12.1. The van der Waals surface area contributed by atoms with Gasteiger partial charge in [0.1, 0.15) is 23.0 Å². The zero-order valence-electron chi connectivity index (χ0n) is 20.5. The van der Waals surface area contributed by atoms with Crippen LogP contribution in [-0.2, 0) is 12.8 Å². The van der Waals surface area contributed by atoms with E-state index in [1.807, 2.05) is 18.2 Å². The number of hydrogen-bond donors (Lipinski definition) is 5. The predicted octanol–water partition coefficient (Wildman–Crippen LogP) is 4.38. The lowest BCUT2D eigenvalue weighted by Crippen LogP contribution is -2.14. The van der Waals surface area contributed by atoms with Gasteiger partial charge < -0.3 is 26.3 Å². The summed E-state index contributed by atoms with van der Waals surface area (Å²) >= 11 is 0. The van der Waals surface area contributed by atoms with Crippen molar-refractivity contribution in [3.63, 3.8) is 0 Å². The van der Waals surface area contributed by atoms with Crippen LogP contribution in [0.25, 0.3) is 10.9 Å². The van der Waals surface area contributed by atoms with Crippen LogP contribution in [0.4, 0.5) is 0 Å². The fourth-order valence-electron chi connectivity index (χ4n) is 4.72. The first-order valence-corrected chi connectivity index (χ1v) is 11.4. The van der Waals surface area contributed by atoms with Crippen molar-refractivity contribution >= 4 is 22.5 Å². The Kier molecular flexibility index (Phi) is 6.14.